The lowest BCUT2D eigenvalue weighted by Crippen LogP contribution is -2.28. The molecule has 2 N–H and O–H groups in total. The van der Waals surface area contributed by atoms with Gasteiger partial charge in [0.05, 0.1) is 16.8 Å². The van der Waals surface area contributed by atoms with Gasteiger partial charge in [0.2, 0.25) is 0 Å². The van der Waals surface area contributed by atoms with Gasteiger partial charge in [0, 0.05) is 12.1 Å². The Balaban J connectivity index is 1.60. The minimum absolute atomic E-state index is 0.176. The number of halogens is 3. The van der Waals surface area contributed by atoms with E-state index in [4.69, 9.17) is 0 Å². The molecule has 3 aromatic carbocycles. The number of alkyl halides is 3. The number of hydrogen-bond donors (Lipinski definition) is 2. The number of ether oxygens (including phenoxy) is 1. The maximum absolute atomic E-state index is 12.6. The standard InChI is InChI=1S/C23H20F3NO5S/c24-23(25,26)32-19-11-9-17(10-12-19)21(28)14-27-22(29)18-6-4-5-16(13-18)15-33(30,31)20-7-2-1-3-8-20/h1-13,21,28H,14-15H2,(H,27,29). The number of sulfone groups is 1. The molecular formula is C23H20F3NO5S. The van der Waals surface area contributed by atoms with Crippen LogP contribution in [0.3, 0.4) is 0 Å². The average molecular weight is 479 g/mol. The normalized spacial score (nSPS) is 12.7. The number of amides is 1. The van der Waals surface area contributed by atoms with E-state index in [1.807, 2.05) is 0 Å². The topological polar surface area (TPSA) is 92.7 Å². The highest BCUT2D eigenvalue weighted by molar-refractivity contribution is 7.90. The molecule has 174 valence electrons. The van der Waals surface area contributed by atoms with Crippen LogP contribution in [0, 0.1) is 0 Å². The maximum atomic E-state index is 12.6. The highest BCUT2D eigenvalue weighted by atomic mass is 32.2. The van der Waals surface area contributed by atoms with E-state index in [1.54, 1.807) is 30.3 Å². The van der Waals surface area contributed by atoms with Gasteiger partial charge in [0.25, 0.3) is 5.91 Å². The molecule has 33 heavy (non-hydrogen) atoms. The van der Waals surface area contributed by atoms with E-state index in [9.17, 15) is 31.5 Å². The monoisotopic (exact) mass is 479 g/mol. The maximum Gasteiger partial charge on any atom is 0.573 e. The zero-order chi connectivity index (χ0) is 24.1. The summed E-state index contributed by atoms with van der Waals surface area (Å²) in [4.78, 5) is 12.6. The number of benzene rings is 3. The second-order valence-corrected chi connectivity index (χ2v) is 9.10. The second-order valence-electron chi connectivity index (χ2n) is 7.12. The van der Waals surface area contributed by atoms with E-state index in [-0.39, 0.29) is 28.3 Å². The van der Waals surface area contributed by atoms with E-state index in [0.717, 1.165) is 12.1 Å². The Hall–Kier alpha value is -3.37. The van der Waals surface area contributed by atoms with Crippen molar-refractivity contribution < 1.29 is 36.2 Å². The molecule has 10 heteroatoms. The summed E-state index contributed by atoms with van der Waals surface area (Å²) in [7, 11) is -3.58. The summed E-state index contributed by atoms with van der Waals surface area (Å²) in [6.07, 6.45) is -5.99. The summed E-state index contributed by atoms with van der Waals surface area (Å²) in [5.41, 5.74) is 0.914. The molecule has 1 atom stereocenters. The first kappa shape index (κ1) is 24.3. The van der Waals surface area contributed by atoms with Gasteiger partial charge in [0.15, 0.2) is 9.84 Å². The van der Waals surface area contributed by atoms with Gasteiger partial charge in [-0.15, -0.1) is 13.2 Å². The molecule has 1 unspecified atom stereocenters. The molecule has 0 spiro atoms. The van der Waals surface area contributed by atoms with Crippen molar-refractivity contribution in [1.29, 1.82) is 0 Å². The fraction of sp³-hybridized carbons (Fsp3) is 0.174. The van der Waals surface area contributed by atoms with Crippen LogP contribution in [-0.2, 0) is 15.6 Å². The lowest BCUT2D eigenvalue weighted by molar-refractivity contribution is -0.274. The third-order valence-corrected chi connectivity index (χ3v) is 6.31. The summed E-state index contributed by atoms with van der Waals surface area (Å²) in [5.74, 6) is -1.25. The van der Waals surface area contributed by atoms with Crippen LogP contribution in [0.2, 0.25) is 0 Å². The highest BCUT2D eigenvalue weighted by Gasteiger charge is 2.31. The molecule has 0 saturated heterocycles. The van der Waals surface area contributed by atoms with Crippen molar-refractivity contribution in [3.05, 3.63) is 95.6 Å². The summed E-state index contributed by atoms with van der Waals surface area (Å²) in [6.45, 7) is -0.204. The lowest BCUT2D eigenvalue weighted by atomic mass is 10.1. The first-order valence-electron chi connectivity index (χ1n) is 9.72. The highest BCUT2D eigenvalue weighted by Crippen LogP contribution is 2.24. The summed E-state index contributed by atoms with van der Waals surface area (Å²) in [5, 5.41) is 12.7. The van der Waals surface area contributed by atoms with Crippen LogP contribution >= 0.6 is 0 Å². The van der Waals surface area contributed by atoms with Crippen molar-refractivity contribution in [2.24, 2.45) is 0 Å². The fourth-order valence-corrected chi connectivity index (χ4v) is 4.39. The number of hydrogen-bond acceptors (Lipinski definition) is 5. The van der Waals surface area contributed by atoms with Gasteiger partial charge >= 0.3 is 6.36 Å². The number of carbonyl (C=O) groups excluding carboxylic acids is 1. The Morgan fingerprint density at radius 3 is 2.27 bits per heavy atom. The molecule has 0 fully saturated rings. The molecule has 0 aliphatic heterocycles. The predicted octanol–water partition coefficient (Wildman–Crippen LogP) is 4.02. The molecule has 0 aromatic heterocycles. The summed E-state index contributed by atoms with van der Waals surface area (Å²) in [6, 6.07) is 18.7. The fourth-order valence-electron chi connectivity index (χ4n) is 3.03. The third kappa shape index (κ3) is 7.06. The number of carbonyl (C=O) groups is 1. The van der Waals surface area contributed by atoms with Crippen LogP contribution in [-0.4, -0.2) is 32.3 Å². The molecule has 3 aromatic rings. The van der Waals surface area contributed by atoms with E-state index in [1.165, 1.54) is 36.4 Å². The number of aliphatic hydroxyl groups excluding tert-OH is 1. The van der Waals surface area contributed by atoms with Crippen LogP contribution < -0.4 is 10.1 Å². The van der Waals surface area contributed by atoms with Crippen molar-refractivity contribution >= 4 is 15.7 Å². The van der Waals surface area contributed by atoms with Gasteiger partial charge in [-0.3, -0.25) is 4.79 Å². The Kier molecular flexibility index (Phi) is 7.39. The van der Waals surface area contributed by atoms with Crippen molar-refractivity contribution in [1.82, 2.24) is 5.32 Å². The molecule has 3 rings (SSSR count). The molecule has 0 bridgehead atoms. The Morgan fingerprint density at radius 2 is 1.64 bits per heavy atom. The van der Waals surface area contributed by atoms with Gasteiger partial charge < -0.3 is 15.2 Å². The van der Waals surface area contributed by atoms with Crippen molar-refractivity contribution in [3.63, 3.8) is 0 Å². The number of aliphatic hydroxyl groups is 1. The van der Waals surface area contributed by atoms with E-state index >= 15 is 0 Å². The predicted molar refractivity (Wildman–Crippen MR) is 114 cm³/mol. The first-order chi connectivity index (χ1) is 15.5. The minimum atomic E-state index is -4.82. The SMILES string of the molecule is O=C(NCC(O)c1ccc(OC(F)(F)F)cc1)c1cccc(CS(=O)(=O)c2ccccc2)c1. The second kappa shape index (κ2) is 10.1. The molecule has 6 nitrogen and oxygen atoms in total. The Labute approximate surface area is 188 Å². The van der Waals surface area contributed by atoms with Crippen LogP contribution in [0.1, 0.15) is 27.6 Å². The first-order valence-corrected chi connectivity index (χ1v) is 11.4. The average Bonchev–Trinajstić information content (AvgIpc) is 2.77. The molecule has 0 saturated carbocycles. The summed E-state index contributed by atoms with van der Waals surface area (Å²) >= 11 is 0. The van der Waals surface area contributed by atoms with Crippen molar-refractivity contribution in [2.45, 2.75) is 23.1 Å². The van der Waals surface area contributed by atoms with Gasteiger partial charge in [-0.25, -0.2) is 8.42 Å². The lowest BCUT2D eigenvalue weighted by Gasteiger charge is -2.14. The molecule has 1 amide bonds. The Morgan fingerprint density at radius 1 is 0.970 bits per heavy atom. The molecule has 0 aliphatic carbocycles. The molecule has 0 heterocycles. The summed E-state index contributed by atoms with van der Waals surface area (Å²) < 4.78 is 65.5. The molecular weight excluding hydrogens is 459 g/mol. The van der Waals surface area contributed by atoms with Gasteiger partial charge in [-0.1, -0.05) is 42.5 Å². The largest absolute Gasteiger partial charge is 0.573 e. The quantitative estimate of drug-likeness (QED) is 0.509. The smallest absolute Gasteiger partial charge is 0.406 e. The number of nitrogens with one attached hydrogen (secondary N) is 1. The van der Waals surface area contributed by atoms with Gasteiger partial charge in [-0.2, -0.15) is 0 Å². The zero-order valence-electron chi connectivity index (χ0n) is 17.1. The third-order valence-electron chi connectivity index (χ3n) is 4.60. The number of rotatable bonds is 8. The van der Waals surface area contributed by atoms with E-state index < -0.39 is 34.0 Å². The van der Waals surface area contributed by atoms with Crippen LogP contribution in [0.4, 0.5) is 13.2 Å². The van der Waals surface area contributed by atoms with E-state index in [0.29, 0.717) is 5.56 Å². The van der Waals surface area contributed by atoms with E-state index in [2.05, 4.69) is 10.1 Å². The molecule has 0 aliphatic rings. The van der Waals surface area contributed by atoms with Crippen molar-refractivity contribution in [2.75, 3.05) is 6.54 Å². The zero-order valence-corrected chi connectivity index (χ0v) is 17.9. The van der Waals surface area contributed by atoms with Gasteiger partial charge in [0.1, 0.15) is 5.75 Å². The Bertz CT molecular complexity index is 1200. The van der Waals surface area contributed by atoms with Crippen LogP contribution in [0.25, 0.3) is 0 Å². The van der Waals surface area contributed by atoms with Crippen molar-refractivity contribution in [3.8, 4) is 5.75 Å². The van der Waals surface area contributed by atoms with Crippen LogP contribution in [0.5, 0.6) is 5.75 Å². The molecule has 0 radical (unpaired) electrons. The van der Waals surface area contributed by atoms with Gasteiger partial charge in [-0.05, 0) is 47.5 Å². The minimum Gasteiger partial charge on any atom is -0.406 e. The van der Waals surface area contributed by atoms with Crippen LogP contribution in [0.15, 0.2) is 83.8 Å².